The van der Waals surface area contributed by atoms with Gasteiger partial charge in [0.1, 0.15) is 5.82 Å². The molecular weight excluding hydrogens is 590 g/mol. The number of rotatable bonds is 7. The standard InChI is InChI=1S/C25H25Cl2FN4O5S2/c1-30(38(2,34)35)24-6-4-3-5-21(24)25(33)29-23-8-7-20(16-22(23)28)39(36,37)32-11-9-31(10-12-32)19-14-17(26)13-18(27)15-19/h3-8,13-16H,9-12H2,1-2H3,(H,29,33). The second kappa shape index (κ2) is 11.3. The Morgan fingerprint density at radius 1 is 0.923 bits per heavy atom. The summed E-state index contributed by atoms with van der Waals surface area (Å²) in [6.07, 6.45) is 0.993. The number of nitrogens with one attached hydrogen (secondary N) is 1. The van der Waals surface area contributed by atoms with E-state index in [1.54, 1.807) is 30.3 Å². The van der Waals surface area contributed by atoms with Crippen LogP contribution in [0, 0.1) is 5.82 Å². The van der Waals surface area contributed by atoms with Crippen LogP contribution in [0.4, 0.5) is 21.5 Å². The van der Waals surface area contributed by atoms with Crippen molar-refractivity contribution in [2.75, 3.05) is 54.0 Å². The summed E-state index contributed by atoms with van der Waals surface area (Å²) in [5.74, 6) is -1.71. The van der Waals surface area contributed by atoms with Gasteiger partial charge < -0.3 is 10.2 Å². The molecule has 0 aromatic heterocycles. The van der Waals surface area contributed by atoms with Crippen molar-refractivity contribution in [3.05, 3.63) is 82.1 Å². The Morgan fingerprint density at radius 2 is 1.54 bits per heavy atom. The van der Waals surface area contributed by atoms with E-state index in [0.717, 1.165) is 28.4 Å². The quantitative estimate of drug-likeness (QED) is 0.425. The molecule has 0 radical (unpaired) electrons. The van der Waals surface area contributed by atoms with Crippen LogP contribution in [0.2, 0.25) is 10.0 Å². The Bertz CT molecular complexity index is 1610. The molecule has 208 valence electrons. The zero-order valence-corrected chi connectivity index (χ0v) is 24.1. The highest BCUT2D eigenvalue weighted by molar-refractivity contribution is 7.92. The maximum Gasteiger partial charge on any atom is 0.257 e. The summed E-state index contributed by atoms with van der Waals surface area (Å²) >= 11 is 12.2. The summed E-state index contributed by atoms with van der Waals surface area (Å²) in [5, 5.41) is 3.34. The first-order valence-corrected chi connectivity index (χ1v) is 15.7. The maximum atomic E-state index is 15.0. The van der Waals surface area contributed by atoms with Crippen molar-refractivity contribution < 1.29 is 26.0 Å². The van der Waals surface area contributed by atoms with Crippen LogP contribution in [0.1, 0.15) is 10.4 Å². The van der Waals surface area contributed by atoms with Gasteiger partial charge in [-0.3, -0.25) is 9.10 Å². The van der Waals surface area contributed by atoms with E-state index in [-0.39, 0.29) is 34.9 Å². The molecule has 0 bridgehead atoms. The number of amides is 1. The molecule has 1 N–H and O–H groups in total. The third kappa shape index (κ3) is 6.47. The Balaban J connectivity index is 1.48. The molecule has 1 fully saturated rings. The molecule has 0 atom stereocenters. The minimum atomic E-state index is -4.01. The molecule has 1 saturated heterocycles. The predicted octanol–water partition coefficient (Wildman–Crippen LogP) is 4.29. The molecule has 3 aromatic rings. The number of halogens is 3. The molecule has 1 aliphatic rings. The molecule has 1 amide bonds. The Morgan fingerprint density at radius 3 is 2.13 bits per heavy atom. The van der Waals surface area contributed by atoms with Gasteiger partial charge in [-0.05, 0) is 48.5 Å². The van der Waals surface area contributed by atoms with Crippen LogP contribution in [0.5, 0.6) is 0 Å². The number of nitrogens with zero attached hydrogens (tertiary/aromatic N) is 3. The van der Waals surface area contributed by atoms with E-state index in [0.29, 0.717) is 23.1 Å². The number of hydrogen-bond acceptors (Lipinski definition) is 6. The van der Waals surface area contributed by atoms with E-state index in [9.17, 15) is 26.0 Å². The van der Waals surface area contributed by atoms with Gasteiger partial charge in [-0.2, -0.15) is 4.31 Å². The summed E-state index contributed by atoms with van der Waals surface area (Å²) in [7, 11) is -6.37. The van der Waals surface area contributed by atoms with Crippen LogP contribution in [-0.4, -0.2) is 66.5 Å². The van der Waals surface area contributed by atoms with E-state index in [1.807, 2.05) is 4.90 Å². The number of carbonyl (C=O) groups excluding carboxylic acids is 1. The van der Waals surface area contributed by atoms with Crippen molar-refractivity contribution in [2.45, 2.75) is 4.90 Å². The lowest BCUT2D eigenvalue weighted by Gasteiger charge is -2.35. The molecule has 1 aliphatic heterocycles. The average Bonchev–Trinajstić information content (AvgIpc) is 2.88. The summed E-state index contributed by atoms with van der Waals surface area (Å²) in [4.78, 5) is 14.6. The van der Waals surface area contributed by atoms with Gasteiger partial charge in [0.15, 0.2) is 0 Å². The van der Waals surface area contributed by atoms with Crippen LogP contribution in [0.3, 0.4) is 0 Å². The molecule has 9 nitrogen and oxygen atoms in total. The third-order valence-electron chi connectivity index (χ3n) is 6.26. The molecule has 0 aliphatic carbocycles. The second-order valence-corrected chi connectivity index (χ2v) is 13.7. The zero-order chi connectivity index (χ0) is 28.5. The molecule has 14 heteroatoms. The van der Waals surface area contributed by atoms with Crippen molar-refractivity contribution in [3.63, 3.8) is 0 Å². The molecule has 4 rings (SSSR count). The number of anilines is 3. The van der Waals surface area contributed by atoms with Crippen molar-refractivity contribution in [1.82, 2.24) is 4.31 Å². The van der Waals surface area contributed by atoms with Crippen LogP contribution in [0.25, 0.3) is 0 Å². The lowest BCUT2D eigenvalue weighted by atomic mass is 10.1. The lowest BCUT2D eigenvalue weighted by Crippen LogP contribution is -2.48. The number of carbonyl (C=O) groups is 1. The number of piperazine rings is 1. The normalized spacial score (nSPS) is 14.7. The van der Waals surface area contributed by atoms with Crippen molar-refractivity contribution in [3.8, 4) is 0 Å². The van der Waals surface area contributed by atoms with E-state index in [4.69, 9.17) is 23.2 Å². The molecule has 39 heavy (non-hydrogen) atoms. The first kappa shape index (κ1) is 29.1. The van der Waals surface area contributed by atoms with Gasteiger partial charge >= 0.3 is 0 Å². The Labute approximate surface area is 236 Å². The summed E-state index contributed by atoms with van der Waals surface area (Å²) in [6.45, 7) is 1.09. The minimum Gasteiger partial charge on any atom is -0.369 e. The Hall–Kier alpha value is -2.90. The highest BCUT2D eigenvalue weighted by atomic mass is 35.5. The van der Waals surface area contributed by atoms with Gasteiger partial charge in [0, 0.05) is 49.0 Å². The number of sulfonamides is 2. The molecule has 3 aromatic carbocycles. The summed E-state index contributed by atoms with van der Waals surface area (Å²) in [5.41, 5.74) is 0.634. The highest BCUT2D eigenvalue weighted by Gasteiger charge is 2.30. The average molecular weight is 616 g/mol. The molecule has 1 heterocycles. The van der Waals surface area contributed by atoms with Gasteiger partial charge in [0.25, 0.3) is 5.91 Å². The van der Waals surface area contributed by atoms with Crippen molar-refractivity contribution in [2.24, 2.45) is 0 Å². The summed E-state index contributed by atoms with van der Waals surface area (Å²) in [6, 6.07) is 14.3. The van der Waals surface area contributed by atoms with Crippen molar-refractivity contribution in [1.29, 1.82) is 0 Å². The van der Waals surface area contributed by atoms with E-state index in [2.05, 4.69) is 5.32 Å². The van der Waals surface area contributed by atoms with E-state index < -0.39 is 31.8 Å². The summed E-state index contributed by atoms with van der Waals surface area (Å²) < 4.78 is 67.5. The molecule has 0 saturated carbocycles. The molecule has 0 spiro atoms. The van der Waals surface area contributed by atoms with Gasteiger partial charge in [-0.1, -0.05) is 35.3 Å². The fourth-order valence-corrected chi connectivity index (χ4v) is 6.59. The van der Waals surface area contributed by atoms with Gasteiger partial charge in [0.05, 0.1) is 28.1 Å². The van der Waals surface area contributed by atoms with Crippen LogP contribution in [0.15, 0.2) is 65.6 Å². The first-order chi connectivity index (χ1) is 18.3. The van der Waals surface area contributed by atoms with Gasteiger partial charge in [0.2, 0.25) is 20.0 Å². The SMILES string of the molecule is CN(c1ccccc1C(=O)Nc1ccc(S(=O)(=O)N2CCN(c3cc(Cl)cc(Cl)c3)CC2)cc1F)S(C)(=O)=O. The third-order valence-corrected chi connectivity index (χ3v) is 9.79. The van der Waals surface area contributed by atoms with Crippen LogP contribution < -0.4 is 14.5 Å². The highest BCUT2D eigenvalue weighted by Crippen LogP contribution is 2.29. The number of benzene rings is 3. The van der Waals surface area contributed by atoms with E-state index >= 15 is 0 Å². The molecular formula is C25H25Cl2FN4O5S2. The second-order valence-electron chi connectivity index (χ2n) is 8.86. The topological polar surface area (TPSA) is 107 Å². The first-order valence-electron chi connectivity index (χ1n) is 11.6. The number of para-hydroxylation sites is 1. The minimum absolute atomic E-state index is 0.000357. The zero-order valence-electron chi connectivity index (χ0n) is 20.9. The van der Waals surface area contributed by atoms with Gasteiger partial charge in [-0.25, -0.2) is 21.2 Å². The Kier molecular flexibility index (Phi) is 8.43. The fraction of sp³-hybridized carbons (Fsp3) is 0.240. The largest absolute Gasteiger partial charge is 0.369 e. The molecule has 0 unspecified atom stereocenters. The van der Waals surface area contributed by atoms with Crippen LogP contribution >= 0.6 is 23.2 Å². The van der Waals surface area contributed by atoms with E-state index in [1.165, 1.54) is 29.6 Å². The smallest absolute Gasteiger partial charge is 0.257 e. The van der Waals surface area contributed by atoms with Gasteiger partial charge in [-0.15, -0.1) is 0 Å². The lowest BCUT2D eigenvalue weighted by molar-refractivity contribution is 0.102. The monoisotopic (exact) mass is 614 g/mol. The predicted molar refractivity (Wildman–Crippen MR) is 151 cm³/mol. The number of hydrogen-bond donors (Lipinski definition) is 1. The fourth-order valence-electron chi connectivity index (χ4n) is 4.12. The van der Waals surface area contributed by atoms with Crippen LogP contribution in [-0.2, 0) is 20.0 Å². The maximum absolute atomic E-state index is 15.0. The van der Waals surface area contributed by atoms with Crippen molar-refractivity contribution >= 4 is 66.2 Å².